The lowest BCUT2D eigenvalue weighted by molar-refractivity contribution is 0.399. The summed E-state index contributed by atoms with van der Waals surface area (Å²) in [4.78, 5) is 28.4. The molecule has 9 nitrogen and oxygen atoms in total. The minimum atomic E-state index is -3.45. The summed E-state index contributed by atoms with van der Waals surface area (Å²) in [6.07, 6.45) is 2.48. The SMILES string of the molecule is COc1c(-c2ccc(C(C)=NNS(C)(=O)=O)cc2)cc(-n2ccc(=O)[nH]c2=O)cc1C(C)(C)C. The third-order valence-corrected chi connectivity index (χ3v) is 5.60. The summed E-state index contributed by atoms with van der Waals surface area (Å²) >= 11 is 0. The van der Waals surface area contributed by atoms with Gasteiger partial charge in [0, 0.05) is 23.4 Å². The van der Waals surface area contributed by atoms with Gasteiger partial charge in [0.25, 0.3) is 5.56 Å². The summed E-state index contributed by atoms with van der Waals surface area (Å²) < 4.78 is 29.8. The summed E-state index contributed by atoms with van der Waals surface area (Å²) in [5.41, 5.74) is 3.00. The van der Waals surface area contributed by atoms with E-state index in [9.17, 15) is 18.0 Å². The molecule has 0 atom stereocenters. The molecule has 0 fully saturated rings. The van der Waals surface area contributed by atoms with E-state index in [1.54, 1.807) is 14.0 Å². The van der Waals surface area contributed by atoms with Crippen LogP contribution in [0.5, 0.6) is 5.75 Å². The fourth-order valence-corrected chi connectivity index (χ4v) is 3.77. The van der Waals surface area contributed by atoms with E-state index in [-0.39, 0.29) is 5.41 Å². The maximum atomic E-state index is 12.5. The highest BCUT2D eigenvalue weighted by Gasteiger charge is 2.24. The van der Waals surface area contributed by atoms with Crippen LogP contribution in [0, 0.1) is 0 Å². The first kappa shape index (κ1) is 25.0. The van der Waals surface area contributed by atoms with Gasteiger partial charge in [0.15, 0.2) is 0 Å². The molecule has 34 heavy (non-hydrogen) atoms. The molecule has 0 aliphatic rings. The van der Waals surface area contributed by atoms with Gasteiger partial charge in [-0.1, -0.05) is 45.0 Å². The van der Waals surface area contributed by atoms with Crippen LogP contribution >= 0.6 is 0 Å². The van der Waals surface area contributed by atoms with Crippen molar-refractivity contribution in [3.8, 4) is 22.6 Å². The first-order valence-corrected chi connectivity index (χ1v) is 12.4. The number of hydrogen-bond donors (Lipinski definition) is 2. The minimum Gasteiger partial charge on any atom is -0.496 e. The second kappa shape index (κ2) is 9.30. The number of nitrogens with one attached hydrogen (secondary N) is 2. The van der Waals surface area contributed by atoms with Gasteiger partial charge in [-0.25, -0.2) is 18.0 Å². The van der Waals surface area contributed by atoms with Crippen molar-refractivity contribution < 1.29 is 13.2 Å². The number of sulfonamides is 1. The van der Waals surface area contributed by atoms with Gasteiger partial charge >= 0.3 is 5.69 Å². The van der Waals surface area contributed by atoms with E-state index < -0.39 is 21.3 Å². The number of ether oxygens (including phenoxy) is 1. The molecule has 0 saturated carbocycles. The molecule has 2 N–H and O–H groups in total. The Bertz CT molecular complexity index is 1460. The zero-order valence-corrected chi connectivity index (χ0v) is 20.8. The molecule has 0 aliphatic heterocycles. The molecule has 0 amide bonds. The van der Waals surface area contributed by atoms with Gasteiger partial charge in [0.2, 0.25) is 10.0 Å². The number of nitrogens with zero attached hydrogens (tertiary/aromatic N) is 2. The quantitative estimate of drug-likeness (QED) is 0.411. The van der Waals surface area contributed by atoms with Crippen LogP contribution in [0.4, 0.5) is 0 Å². The van der Waals surface area contributed by atoms with Crippen molar-refractivity contribution in [3.05, 3.63) is 80.6 Å². The van der Waals surface area contributed by atoms with Gasteiger partial charge in [-0.05, 0) is 35.6 Å². The van der Waals surface area contributed by atoms with Gasteiger partial charge in [-0.2, -0.15) is 5.10 Å². The Balaban J connectivity index is 2.18. The molecule has 3 aromatic rings. The third kappa shape index (κ3) is 5.63. The topological polar surface area (TPSA) is 123 Å². The highest BCUT2D eigenvalue weighted by molar-refractivity contribution is 7.88. The number of methoxy groups -OCH3 is 1. The standard InChI is InChI=1S/C24H28N4O5S/c1-15(26-27-34(6,31)32)16-7-9-17(10-8-16)19-13-18(28-12-11-21(29)25-23(28)30)14-20(22(19)33-5)24(2,3)4/h7-14,27H,1-6H3,(H,25,29,30). The first-order valence-electron chi connectivity index (χ1n) is 10.5. The van der Waals surface area contributed by atoms with Crippen molar-refractivity contribution in [2.45, 2.75) is 33.1 Å². The van der Waals surface area contributed by atoms with E-state index in [1.165, 1.54) is 16.8 Å². The number of benzene rings is 2. The molecule has 0 unspecified atom stereocenters. The average molecular weight is 485 g/mol. The van der Waals surface area contributed by atoms with Crippen molar-refractivity contribution in [2.75, 3.05) is 13.4 Å². The lowest BCUT2D eigenvalue weighted by atomic mass is 9.83. The van der Waals surface area contributed by atoms with Crippen molar-refractivity contribution in [3.63, 3.8) is 0 Å². The van der Waals surface area contributed by atoms with E-state index in [2.05, 4.69) is 14.9 Å². The summed E-state index contributed by atoms with van der Waals surface area (Å²) in [6, 6.07) is 12.4. The summed E-state index contributed by atoms with van der Waals surface area (Å²) in [7, 11) is -1.85. The molecule has 2 aromatic carbocycles. The van der Waals surface area contributed by atoms with Gasteiger partial charge < -0.3 is 4.74 Å². The van der Waals surface area contributed by atoms with Crippen molar-refractivity contribution in [1.29, 1.82) is 0 Å². The average Bonchev–Trinajstić information content (AvgIpc) is 2.75. The molecule has 0 saturated heterocycles. The van der Waals surface area contributed by atoms with E-state index in [0.29, 0.717) is 17.1 Å². The summed E-state index contributed by atoms with van der Waals surface area (Å²) in [5.74, 6) is 0.672. The fraction of sp³-hybridized carbons (Fsp3) is 0.292. The zero-order chi connectivity index (χ0) is 25.3. The van der Waals surface area contributed by atoms with Crippen LogP contribution < -0.4 is 20.8 Å². The highest BCUT2D eigenvalue weighted by Crippen LogP contribution is 2.41. The molecular formula is C24H28N4O5S. The van der Waals surface area contributed by atoms with Gasteiger partial charge in [0.1, 0.15) is 5.75 Å². The zero-order valence-electron chi connectivity index (χ0n) is 20.0. The molecule has 0 radical (unpaired) electrons. The molecule has 3 rings (SSSR count). The lowest BCUT2D eigenvalue weighted by Gasteiger charge is -2.25. The number of aromatic amines is 1. The van der Waals surface area contributed by atoms with Crippen LogP contribution in [0.3, 0.4) is 0 Å². The van der Waals surface area contributed by atoms with E-state index >= 15 is 0 Å². The minimum absolute atomic E-state index is 0.303. The van der Waals surface area contributed by atoms with Crippen LogP contribution in [-0.2, 0) is 15.4 Å². The molecule has 10 heteroatoms. The molecular weight excluding hydrogens is 456 g/mol. The Kier molecular flexibility index (Phi) is 6.83. The Hall–Kier alpha value is -3.66. The molecule has 0 aliphatic carbocycles. The number of rotatable bonds is 6. The lowest BCUT2D eigenvalue weighted by Crippen LogP contribution is -2.27. The Morgan fingerprint density at radius 2 is 1.74 bits per heavy atom. The predicted octanol–water partition coefficient (Wildman–Crippen LogP) is 2.77. The number of aromatic nitrogens is 2. The van der Waals surface area contributed by atoms with Crippen LogP contribution in [0.1, 0.15) is 38.8 Å². The normalized spacial score (nSPS) is 12.5. The van der Waals surface area contributed by atoms with Crippen LogP contribution in [-0.4, -0.2) is 37.0 Å². The molecule has 0 bridgehead atoms. The third-order valence-electron chi connectivity index (χ3n) is 5.18. The molecule has 1 aromatic heterocycles. The monoisotopic (exact) mass is 484 g/mol. The Morgan fingerprint density at radius 3 is 2.26 bits per heavy atom. The van der Waals surface area contributed by atoms with E-state index in [4.69, 9.17) is 4.74 Å². The maximum Gasteiger partial charge on any atom is 0.332 e. The van der Waals surface area contributed by atoms with Crippen LogP contribution in [0.2, 0.25) is 0 Å². The molecule has 1 heterocycles. The highest BCUT2D eigenvalue weighted by atomic mass is 32.2. The Morgan fingerprint density at radius 1 is 1.09 bits per heavy atom. The van der Waals surface area contributed by atoms with Crippen LogP contribution in [0.15, 0.2) is 63.4 Å². The molecule has 180 valence electrons. The summed E-state index contributed by atoms with van der Waals surface area (Å²) in [5, 5.41) is 3.91. The second-order valence-corrected chi connectivity index (χ2v) is 10.7. The van der Waals surface area contributed by atoms with Gasteiger partial charge in [-0.15, -0.1) is 0 Å². The summed E-state index contributed by atoms with van der Waals surface area (Å²) in [6.45, 7) is 7.85. The Labute approximate surface area is 198 Å². The van der Waals surface area contributed by atoms with Crippen molar-refractivity contribution in [2.24, 2.45) is 5.10 Å². The van der Waals surface area contributed by atoms with E-state index in [1.807, 2.05) is 57.2 Å². The maximum absolute atomic E-state index is 12.5. The van der Waals surface area contributed by atoms with Crippen molar-refractivity contribution in [1.82, 2.24) is 14.4 Å². The first-order chi connectivity index (χ1) is 15.8. The van der Waals surface area contributed by atoms with Crippen LogP contribution in [0.25, 0.3) is 16.8 Å². The van der Waals surface area contributed by atoms with Crippen molar-refractivity contribution >= 4 is 15.7 Å². The van der Waals surface area contributed by atoms with E-state index in [0.717, 1.165) is 28.5 Å². The number of hydrazone groups is 1. The second-order valence-electron chi connectivity index (χ2n) is 8.94. The number of hydrogen-bond acceptors (Lipinski definition) is 6. The molecule has 0 spiro atoms. The van der Waals surface area contributed by atoms with Gasteiger partial charge in [0.05, 0.1) is 24.8 Å². The largest absolute Gasteiger partial charge is 0.496 e. The fourth-order valence-electron chi connectivity index (χ4n) is 3.47. The predicted molar refractivity (Wildman–Crippen MR) is 134 cm³/mol. The number of H-pyrrole nitrogens is 1. The smallest absolute Gasteiger partial charge is 0.332 e. The van der Waals surface area contributed by atoms with Gasteiger partial charge in [-0.3, -0.25) is 14.3 Å².